The van der Waals surface area contributed by atoms with Crippen molar-refractivity contribution in [3.8, 4) is 11.3 Å². The highest BCUT2D eigenvalue weighted by Gasteiger charge is 2.31. The van der Waals surface area contributed by atoms with Crippen LogP contribution in [0.15, 0.2) is 37.6 Å². The molecule has 0 aliphatic heterocycles. The van der Waals surface area contributed by atoms with E-state index in [1.165, 1.54) is 30.1 Å². The van der Waals surface area contributed by atoms with Crippen molar-refractivity contribution in [1.29, 1.82) is 0 Å². The highest BCUT2D eigenvalue weighted by Crippen LogP contribution is 2.35. The minimum Gasteiger partial charge on any atom is -0.444 e. The van der Waals surface area contributed by atoms with Crippen LogP contribution in [0.3, 0.4) is 0 Å². The zero-order valence-corrected chi connectivity index (χ0v) is 19.5. The van der Waals surface area contributed by atoms with Gasteiger partial charge in [0.05, 0.1) is 17.7 Å². The van der Waals surface area contributed by atoms with Gasteiger partial charge < -0.3 is 9.73 Å². The van der Waals surface area contributed by atoms with Crippen molar-refractivity contribution < 1.29 is 22.4 Å². The summed E-state index contributed by atoms with van der Waals surface area (Å²) < 4.78 is 46.9. The predicted octanol–water partition coefficient (Wildman–Crippen LogP) is 4.12. The van der Waals surface area contributed by atoms with E-state index in [0.717, 1.165) is 28.0 Å². The maximum atomic E-state index is 13.1. The number of alkyl halides is 3. The predicted molar refractivity (Wildman–Crippen MR) is 121 cm³/mol. The molecule has 0 aliphatic rings. The molecule has 0 bridgehead atoms. The maximum absolute atomic E-state index is 13.1. The van der Waals surface area contributed by atoms with Crippen LogP contribution < -0.4 is 16.6 Å². The van der Waals surface area contributed by atoms with Crippen molar-refractivity contribution in [2.75, 3.05) is 5.32 Å². The summed E-state index contributed by atoms with van der Waals surface area (Å²) >= 11 is 6.85. The SMILES string of the molecule is Cc1oc2c(c1CC(=O)Nc1nc(-c3cc(Cl)cc(C(F)(F)F)c3)cs1)c(=O)n(C)c(=O)n2C. The molecule has 4 rings (SSSR count). The van der Waals surface area contributed by atoms with Crippen LogP contribution in [0.5, 0.6) is 0 Å². The number of aryl methyl sites for hydroxylation is 2. The number of carbonyl (C=O) groups excluding carboxylic acids is 1. The quantitative estimate of drug-likeness (QED) is 0.443. The molecule has 0 spiro atoms. The van der Waals surface area contributed by atoms with E-state index in [2.05, 4.69) is 10.3 Å². The largest absolute Gasteiger partial charge is 0.444 e. The number of fused-ring (bicyclic) bond motifs is 1. The number of furan rings is 1. The fourth-order valence-corrected chi connectivity index (χ4v) is 4.46. The molecular weight excluding hydrogens is 497 g/mol. The standard InChI is InChI=1S/C21H16ClF3N4O4S/c1-9-13(16-17(31)28(2)20(32)29(3)18(16)33-9)7-15(30)27-19-26-14(8-34-19)10-4-11(21(23,24)25)6-12(22)5-10/h4-6,8H,7H2,1-3H3,(H,26,27,30). The van der Waals surface area contributed by atoms with Crippen molar-refractivity contribution in [2.24, 2.45) is 14.1 Å². The number of aromatic nitrogens is 3. The smallest absolute Gasteiger partial charge is 0.416 e. The molecule has 1 aromatic carbocycles. The summed E-state index contributed by atoms with van der Waals surface area (Å²) in [6.45, 7) is 1.57. The Labute approximate surface area is 198 Å². The minimum absolute atomic E-state index is 0.0614. The van der Waals surface area contributed by atoms with Crippen LogP contribution in [0, 0.1) is 6.92 Å². The van der Waals surface area contributed by atoms with E-state index < -0.39 is 28.9 Å². The van der Waals surface area contributed by atoms with Gasteiger partial charge in [0, 0.05) is 35.6 Å². The molecule has 0 saturated carbocycles. The van der Waals surface area contributed by atoms with Crippen LogP contribution >= 0.6 is 22.9 Å². The molecule has 4 aromatic rings. The Morgan fingerprint density at radius 2 is 1.91 bits per heavy atom. The van der Waals surface area contributed by atoms with Crippen molar-refractivity contribution in [2.45, 2.75) is 19.5 Å². The molecule has 1 N–H and O–H groups in total. The second-order valence-electron chi connectivity index (χ2n) is 7.51. The summed E-state index contributed by atoms with van der Waals surface area (Å²) in [6, 6.07) is 3.09. The molecule has 0 radical (unpaired) electrons. The van der Waals surface area contributed by atoms with E-state index in [1.807, 2.05) is 0 Å². The lowest BCUT2D eigenvalue weighted by Gasteiger charge is -2.08. The topological polar surface area (TPSA) is 99.1 Å². The van der Waals surface area contributed by atoms with Crippen molar-refractivity contribution in [1.82, 2.24) is 14.1 Å². The zero-order valence-electron chi connectivity index (χ0n) is 17.9. The zero-order chi connectivity index (χ0) is 24.9. The van der Waals surface area contributed by atoms with Crippen LogP contribution in [0.2, 0.25) is 5.02 Å². The van der Waals surface area contributed by atoms with Gasteiger partial charge in [0.1, 0.15) is 11.1 Å². The summed E-state index contributed by atoms with van der Waals surface area (Å²) in [5.41, 5.74) is -1.31. The summed E-state index contributed by atoms with van der Waals surface area (Å²) in [7, 11) is 2.78. The molecule has 13 heteroatoms. The van der Waals surface area contributed by atoms with Gasteiger partial charge in [0.15, 0.2) is 5.13 Å². The lowest BCUT2D eigenvalue weighted by atomic mass is 10.1. The Bertz CT molecular complexity index is 1570. The van der Waals surface area contributed by atoms with Crippen LogP contribution in [0.4, 0.5) is 18.3 Å². The first-order chi connectivity index (χ1) is 15.9. The number of anilines is 1. The van der Waals surface area contributed by atoms with E-state index in [0.29, 0.717) is 11.3 Å². The summed E-state index contributed by atoms with van der Waals surface area (Å²) in [6.07, 6.45) is -4.81. The van der Waals surface area contributed by atoms with Gasteiger partial charge in [-0.05, 0) is 25.1 Å². The molecule has 8 nitrogen and oxygen atoms in total. The van der Waals surface area contributed by atoms with Crippen LogP contribution in [0.1, 0.15) is 16.9 Å². The third-order valence-corrected chi connectivity index (χ3v) is 6.17. The third kappa shape index (κ3) is 4.26. The number of nitrogens with zero attached hydrogens (tertiary/aromatic N) is 3. The molecule has 0 unspecified atom stereocenters. The van der Waals surface area contributed by atoms with Gasteiger partial charge in [0.25, 0.3) is 5.56 Å². The van der Waals surface area contributed by atoms with Crippen molar-refractivity contribution in [3.63, 3.8) is 0 Å². The molecule has 0 fully saturated rings. The summed E-state index contributed by atoms with van der Waals surface area (Å²) in [5.74, 6) is -0.216. The molecule has 0 aliphatic carbocycles. The maximum Gasteiger partial charge on any atom is 0.416 e. The third-order valence-electron chi connectivity index (χ3n) is 5.20. The summed E-state index contributed by atoms with van der Waals surface area (Å²) in [5, 5.41) is 4.25. The Morgan fingerprint density at radius 3 is 2.59 bits per heavy atom. The van der Waals surface area contributed by atoms with Gasteiger partial charge in [-0.15, -0.1) is 11.3 Å². The molecule has 3 aromatic heterocycles. The number of hydrogen-bond acceptors (Lipinski definition) is 6. The summed E-state index contributed by atoms with van der Waals surface area (Å²) in [4.78, 5) is 41.6. The Hall–Kier alpha value is -3.38. The fraction of sp³-hybridized carbons (Fsp3) is 0.238. The second-order valence-corrected chi connectivity index (χ2v) is 8.81. The van der Waals surface area contributed by atoms with Crippen molar-refractivity contribution in [3.05, 3.63) is 66.3 Å². The Balaban J connectivity index is 1.60. The minimum atomic E-state index is -4.57. The lowest BCUT2D eigenvalue weighted by Crippen LogP contribution is -2.36. The van der Waals surface area contributed by atoms with E-state index >= 15 is 0 Å². The molecule has 178 valence electrons. The number of carbonyl (C=O) groups is 1. The van der Waals surface area contributed by atoms with Gasteiger partial charge in [-0.2, -0.15) is 13.2 Å². The van der Waals surface area contributed by atoms with Gasteiger partial charge in [-0.3, -0.25) is 18.7 Å². The first-order valence-electron chi connectivity index (χ1n) is 9.68. The number of thiazole rings is 1. The first-order valence-corrected chi connectivity index (χ1v) is 10.9. The first kappa shape index (κ1) is 23.8. The highest BCUT2D eigenvalue weighted by molar-refractivity contribution is 7.14. The molecule has 1 amide bonds. The number of hydrogen-bond donors (Lipinski definition) is 1. The van der Waals surface area contributed by atoms with Gasteiger partial charge >= 0.3 is 11.9 Å². The number of halogens is 4. The number of amides is 1. The monoisotopic (exact) mass is 512 g/mol. The average molecular weight is 513 g/mol. The Kier molecular flexibility index (Phi) is 5.90. The van der Waals surface area contributed by atoms with Crippen LogP contribution in [0.25, 0.3) is 22.4 Å². The van der Waals surface area contributed by atoms with Crippen LogP contribution in [-0.2, 0) is 31.5 Å². The molecular formula is C21H16ClF3N4O4S. The number of rotatable bonds is 4. The fourth-order valence-electron chi connectivity index (χ4n) is 3.49. The van der Waals surface area contributed by atoms with E-state index in [9.17, 15) is 27.6 Å². The molecule has 0 saturated heterocycles. The molecule has 3 heterocycles. The Morgan fingerprint density at radius 1 is 1.21 bits per heavy atom. The molecule has 34 heavy (non-hydrogen) atoms. The number of benzene rings is 1. The van der Waals surface area contributed by atoms with E-state index in [1.54, 1.807) is 6.92 Å². The van der Waals surface area contributed by atoms with Crippen LogP contribution in [-0.4, -0.2) is 20.0 Å². The van der Waals surface area contributed by atoms with Crippen molar-refractivity contribution >= 4 is 45.1 Å². The van der Waals surface area contributed by atoms with E-state index in [4.69, 9.17) is 16.0 Å². The normalized spacial score (nSPS) is 11.9. The number of nitrogens with one attached hydrogen (secondary N) is 1. The molecule has 0 atom stereocenters. The van der Waals surface area contributed by atoms with E-state index in [-0.39, 0.29) is 38.9 Å². The average Bonchev–Trinajstić information content (AvgIpc) is 3.34. The highest BCUT2D eigenvalue weighted by atomic mass is 35.5. The second kappa shape index (κ2) is 8.44. The van der Waals surface area contributed by atoms with Gasteiger partial charge in [-0.25, -0.2) is 9.78 Å². The lowest BCUT2D eigenvalue weighted by molar-refractivity contribution is -0.137. The van der Waals surface area contributed by atoms with Gasteiger partial charge in [0.2, 0.25) is 11.6 Å². The van der Waals surface area contributed by atoms with Gasteiger partial charge in [-0.1, -0.05) is 11.6 Å².